The van der Waals surface area contributed by atoms with Crippen LogP contribution in [0.1, 0.15) is 50.1 Å². The maximum atomic E-state index is 13.0. The van der Waals surface area contributed by atoms with Crippen LogP contribution in [0.25, 0.3) is 22.4 Å². The molecule has 39 heavy (non-hydrogen) atoms. The molecule has 1 amide bonds. The van der Waals surface area contributed by atoms with Gasteiger partial charge in [-0.15, -0.1) is 24.5 Å². The summed E-state index contributed by atoms with van der Waals surface area (Å²) >= 11 is 7.90. The second-order valence-corrected chi connectivity index (χ2v) is 12.2. The minimum atomic E-state index is -4.81. The van der Waals surface area contributed by atoms with Crippen LogP contribution in [-0.2, 0) is 16.8 Å². The van der Waals surface area contributed by atoms with Gasteiger partial charge in [-0.05, 0) is 54.2 Å². The van der Waals surface area contributed by atoms with Gasteiger partial charge in [-0.1, -0.05) is 32.4 Å². The molecule has 206 valence electrons. The first kappa shape index (κ1) is 27.4. The van der Waals surface area contributed by atoms with Crippen molar-refractivity contribution in [1.82, 2.24) is 24.4 Å². The van der Waals surface area contributed by atoms with Gasteiger partial charge in [0.05, 0.1) is 11.3 Å². The fourth-order valence-corrected chi connectivity index (χ4v) is 6.04. The third kappa shape index (κ3) is 6.19. The van der Waals surface area contributed by atoms with Gasteiger partial charge in [0.25, 0.3) is 0 Å². The molecule has 4 heterocycles. The number of alkyl halides is 3. The number of likely N-dealkylation sites (tertiary alicyclic amines) is 1. The number of carbonyl (C=O) groups is 1. The van der Waals surface area contributed by atoms with E-state index in [-0.39, 0.29) is 24.1 Å². The average Bonchev–Trinajstić information content (AvgIpc) is 3.46. The number of carbonyl (C=O) groups excluding carboxylic acids is 1. The maximum Gasteiger partial charge on any atom is 0.573 e. The minimum Gasteiger partial charge on any atom is -0.406 e. The summed E-state index contributed by atoms with van der Waals surface area (Å²) in [6.07, 6.45) is -0.0861. The van der Waals surface area contributed by atoms with Crippen LogP contribution in [0.4, 0.5) is 13.2 Å². The van der Waals surface area contributed by atoms with E-state index in [1.165, 1.54) is 23.5 Å². The SMILES string of the molecule is CC(C)(C)c1cc(OC(F)(F)F)cc(-c2nc(C3CCN(C(=O)Cn4cnc5cccnc54)CC3)sc2Cl)c1. The molecule has 0 saturated carbocycles. The number of piperidine rings is 1. The van der Waals surface area contributed by atoms with E-state index < -0.39 is 11.8 Å². The second-order valence-electron chi connectivity index (χ2n) is 10.6. The zero-order valence-electron chi connectivity index (χ0n) is 21.6. The highest BCUT2D eigenvalue weighted by Crippen LogP contribution is 2.41. The summed E-state index contributed by atoms with van der Waals surface area (Å²) in [7, 11) is 0. The van der Waals surface area contributed by atoms with E-state index in [2.05, 4.69) is 14.7 Å². The van der Waals surface area contributed by atoms with E-state index in [1.807, 2.05) is 37.8 Å². The molecular formula is C27H27ClF3N5O2S. The van der Waals surface area contributed by atoms with Gasteiger partial charge >= 0.3 is 6.36 Å². The van der Waals surface area contributed by atoms with Gasteiger partial charge in [0.15, 0.2) is 5.65 Å². The molecular weight excluding hydrogens is 551 g/mol. The van der Waals surface area contributed by atoms with Crippen LogP contribution in [0.15, 0.2) is 42.9 Å². The lowest BCUT2D eigenvalue weighted by Gasteiger charge is -2.31. The van der Waals surface area contributed by atoms with Crippen LogP contribution < -0.4 is 4.74 Å². The van der Waals surface area contributed by atoms with Gasteiger partial charge in [-0.3, -0.25) is 4.79 Å². The zero-order chi connectivity index (χ0) is 27.9. The van der Waals surface area contributed by atoms with E-state index >= 15 is 0 Å². The van der Waals surface area contributed by atoms with E-state index in [1.54, 1.807) is 23.2 Å². The molecule has 0 N–H and O–H groups in total. The largest absolute Gasteiger partial charge is 0.573 e. The van der Waals surface area contributed by atoms with Crippen molar-refractivity contribution in [1.29, 1.82) is 0 Å². The maximum absolute atomic E-state index is 13.0. The molecule has 1 saturated heterocycles. The fourth-order valence-electron chi connectivity index (χ4n) is 4.67. The predicted molar refractivity (Wildman–Crippen MR) is 144 cm³/mol. The Morgan fingerprint density at radius 2 is 1.90 bits per heavy atom. The molecule has 0 spiro atoms. The number of ether oxygens (including phenoxy) is 1. The van der Waals surface area contributed by atoms with E-state index in [4.69, 9.17) is 16.6 Å². The Balaban J connectivity index is 1.30. The normalized spacial score (nSPS) is 15.2. The molecule has 1 fully saturated rings. The highest BCUT2D eigenvalue weighted by molar-refractivity contribution is 7.16. The molecule has 5 rings (SSSR count). The number of benzene rings is 1. The first-order valence-corrected chi connectivity index (χ1v) is 13.7. The number of nitrogens with zero attached hydrogens (tertiary/aromatic N) is 5. The molecule has 3 aromatic heterocycles. The van der Waals surface area contributed by atoms with Crippen molar-refractivity contribution in [2.45, 2.75) is 57.9 Å². The molecule has 0 radical (unpaired) electrons. The van der Waals surface area contributed by atoms with Crippen LogP contribution in [0.2, 0.25) is 4.34 Å². The third-order valence-electron chi connectivity index (χ3n) is 6.76. The molecule has 12 heteroatoms. The lowest BCUT2D eigenvalue weighted by molar-refractivity contribution is -0.274. The molecule has 1 aliphatic rings. The summed E-state index contributed by atoms with van der Waals surface area (Å²) in [5, 5.41) is 0.811. The van der Waals surface area contributed by atoms with Crippen molar-refractivity contribution >= 4 is 40.0 Å². The topological polar surface area (TPSA) is 73.1 Å². The fraction of sp³-hybridized carbons (Fsp3) is 0.407. The number of hydrogen-bond acceptors (Lipinski definition) is 6. The van der Waals surface area contributed by atoms with Gasteiger partial charge in [0.1, 0.15) is 27.8 Å². The van der Waals surface area contributed by atoms with E-state index in [0.29, 0.717) is 52.7 Å². The molecule has 0 atom stereocenters. The number of aromatic nitrogens is 4. The van der Waals surface area contributed by atoms with Gasteiger partial charge in [-0.25, -0.2) is 15.0 Å². The van der Waals surface area contributed by atoms with Crippen molar-refractivity contribution in [2.75, 3.05) is 13.1 Å². The molecule has 0 aliphatic carbocycles. The Kier molecular flexibility index (Phi) is 7.32. The summed E-state index contributed by atoms with van der Waals surface area (Å²) in [4.78, 5) is 28.2. The molecule has 1 aromatic carbocycles. The summed E-state index contributed by atoms with van der Waals surface area (Å²) in [6, 6.07) is 8.19. The average molecular weight is 578 g/mol. The Bertz CT molecular complexity index is 1500. The molecule has 0 unspecified atom stereocenters. The zero-order valence-corrected chi connectivity index (χ0v) is 23.2. The van der Waals surface area contributed by atoms with Crippen molar-refractivity contribution in [3.63, 3.8) is 0 Å². The third-order valence-corrected chi connectivity index (χ3v) is 8.18. The standard InChI is InChI=1S/C27H27ClF3N5O2S/c1-26(2,3)18-11-17(12-19(13-18)38-27(29,30)31)22-23(28)39-25(34-22)16-6-9-35(10-7-16)21(37)14-36-15-33-20-5-4-8-32-24(20)36/h4-5,8,11-13,15-16H,6-7,9-10,14H2,1-3H3. The number of hydrogen-bond donors (Lipinski definition) is 0. The smallest absolute Gasteiger partial charge is 0.406 e. The number of halogens is 4. The quantitative estimate of drug-likeness (QED) is 0.260. The number of thiazole rings is 1. The van der Waals surface area contributed by atoms with Crippen LogP contribution in [0.3, 0.4) is 0 Å². The molecule has 4 aromatic rings. The lowest BCUT2D eigenvalue weighted by Crippen LogP contribution is -2.39. The Morgan fingerprint density at radius 3 is 2.59 bits per heavy atom. The van der Waals surface area contributed by atoms with Gasteiger partial charge < -0.3 is 14.2 Å². The Morgan fingerprint density at radius 1 is 1.15 bits per heavy atom. The highest BCUT2D eigenvalue weighted by atomic mass is 35.5. The number of amides is 1. The molecule has 0 bridgehead atoms. The number of imidazole rings is 1. The minimum absolute atomic E-state index is 0.00699. The van der Waals surface area contributed by atoms with Crippen LogP contribution in [0.5, 0.6) is 5.75 Å². The Labute approximate surface area is 232 Å². The first-order valence-electron chi connectivity index (χ1n) is 12.5. The molecule has 1 aliphatic heterocycles. The summed E-state index contributed by atoms with van der Waals surface area (Å²) in [5.74, 6) is -0.214. The van der Waals surface area contributed by atoms with Crippen LogP contribution in [0, 0.1) is 0 Å². The number of rotatable bonds is 5. The van der Waals surface area contributed by atoms with Crippen LogP contribution >= 0.6 is 22.9 Å². The van der Waals surface area contributed by atoms with Crippen molar-refractivity contribution in [3.05, 3.63) is 57.8 Å². The van der Waals surface area contributed by atoms with Gasteiger partial charge in [0.2, 0.25) is 5.91 Å². The second kappa shape index (κ2) is 10.4. The van der Waals surface area contributed by atoms with Crippen molar-refractivity contribution in [2.24, 2.45) is 0 Å². The molecule has 7 nitrogen and oxygen atoms in total. The van der Waals surface area contributed by atoms with E-state index in [9.17, 15) is 18.0 Å². The van der Waals surface area contributed by atoms with E-state index in [0.717, 1.165) is 10.5 Å². The summed E-state index contributed by atoms with van der Waals surface area (Å²) in [6.45, 7) is 7.05. The van der Waals surface area contributed by atoms with Crippen LogP contribution in [-0.4, -0.2) is 49.8 Å². The van der Waals surface area contributed by atoms with Gasteiger partial charge in [-0.2, -0.15) is 0 Å². The predicted octanol–water partition coefficient (Wildman–Crippen LogP) is 6.81. The van der Waals surface area contributed by atoms with Crippen molar-refractivity contribution in [3.8, 4) is 17.0 Å². The summed E-state index contributed by atoms with van der Waals surface area (Å²) in [5.41, 5.74) is 2.59. The van der Waals surface area contributed by atoms with Gasteiger partial charge in [0, 0.05) is 30.8 Å². The number of pyridine rings is 1. The number of fused-ring (bicyclic) bond motifs is 1. The first-order chi connectivity index (χ1) is 18.4. The lowest BCUT2D eigenvalue weighted by atomic mass is 9.85. The highest BCUT2D eigenvalue weighted by Gasteiger charge is 2.32. The van der Waals surface area contributed by atoms with Crippen molar-refractivity contribution < 1.29 is 22.7 Å². The Hall–Kier alpha value is -3.18. The monoisotopic (exact) mass is 577 g/mol. The summed E-state index contributed by atoms with van der Waals surface area (Å²) < 4.78 is 45.4.